The molecule has 114 valence electrons. The second-order valence-electron chi connectivity index (χ2n) is 5.26. The molecule has 0 radical (unpaired) electrons. The Hall–Kier alpha value is -1.26. The number of nitrogens with zero attached hydrogens (tertiary/aromatic N) is 1. The summed E-state index contributed by atoms with van der Waals surface area (Å²) in [5.41, 5.74) is 2.58. The Morgan fingerprint density at radius 3 is 2.81 bits per heavy atom. The van der Waals surface area contributed by atoms with E-state index >= 15 is 0 Å². The Labute approximate surface area is 135 Å². The Morgan fingerprint density at radius 1 is 1.33 bits per heavy atom. The third-order valence-electron chi connectivity index (χ3n) is 3.56. The lowest BCUT2D eigenvalue weighted by atomic mass is 10.2. The number of rotatable bonds is 7. The van der Waals surface area contributed by atoms with Crippen molar-refractivity contribution in [2.45, 2.75) is 32.9 Å². The van der Waals surface area contributed by atoms with Crippen molar-refractivity contribution in [3.8, 4) is 5.75 Å². The molecule has 1 aromatic carbocycles. The van der Waals surface area contributed by atoms with Crippen LogP contribution in [0.5, 0.6) is 5.75 Å². The van der Waals surface area contributed by atoms with E-state index < -0.39 is 0 Å². The van der Waals surface area contributed by atoms with Gasteiger partial charge in [-0.25, -0.2) is 0 Å². The van der Waals surface area contributed by atoms with Crippen LogP contribution in [-0.2, 0) is 6.54 Å². The molecule has 1 unspecified atom stereocenters. The van der Waals surface area contributed by atoms with Crippen LogP contribution < -0.4 is 10.1 Å². The molecule has 0 aliphatic carbocycles. The fourth-order valence-corrected chi connectivity index (χ4v) is 2.90. The summed E-state index contributed by atoms with van der Waals surface area (Å²) in [4.78, 5) is 0. The predicted molar refractivity (Wildman–Crippen MR) is 90.9 cm³/mol. The molecule has 0 saturated carbocycles. The molecule has 0 aliphatic heterocycles. The van der Waals surface area contributed by atoms with E-state index in [1.165, 1.54) is 11.1 Å². The molecule has 0 aliphatic rings. The summed E-state index contributed by atoms with van der Waals surface area (Å²) in [6.45, 7) is 6.31. The zero-order valence-corrected chi connectivity index (χ0v) is 14.5. The van der Waals surface area contributed by atoms with Gasteiger partial charge in [-0.15, -0.1) is 0 Å². The molecule has 1 aromatic heterocycles. The quantitative estimate of drug-likeness (QED) is 0.802. The van der Waals surface area contributed by atoms with E-state index in [-0.39, 0.29) is 0 Å². The van der Waals surface area contributed by atoms with Crippen molar-refractivity contribution >= 4 is 15.9 Å². The van der Waals surface area contributed by atoms with E-state index in [1.807, 2.05) is 6.07 Å². The fraction of sp³-hybridized carbons (Fsp3) is 0.412. The van der Waals surface area contributed by atoms with Gasteiger partial charge >= 0.3 is 0 Å². The summed E-state index contributed by atoms with van der Waals surface area (Å²) in [6.07, 6.45) is 5.51. The third-order valence-corrected chi connectivity index (χ3v) is 4.17. The van der Waals surface area contributed by atoms with Gasteiger partial charge in [-0.2, -0.15) is 0 Å². The number of methoxy groups -OCH3 is 1. The number of hydrogen-bond acceptors (Lipinski definition) is 2. The second kappa shape index (κ2) is 7.66. The minimum absolute atomic E-state index is 0.397. The minimum atomic E-state index is 0.397. The van der Waals surface area contributed by atoms with Crippen LogP contribution >= 0.6 is 15.9 Å². The molecule has 21 heavy (non-hydrogen) atoms. The number of hydrogen-bond donors (Lipinski definition) is 1. The van der Waals surface area contributed by atoms with Crippen molar-refractivity contribution in [1.82, 2.24) is 9.88 Å². The molecule has 1 atom stereocenters. The highest BCUT2D eigenvalue weighted by molar-refractivity contribution is 9.10. The van der Waals surface area contributed by atoms with Crippen LogP contribution in [0.2, 0.25) is 0 Å². The number of benzene rings is 1. The highest BCUT2D eigenvalue weighted by atomic mass is 79.9. The van der Waals surface area contributed by atoms with Gasteiger partial charge in [0.2, 0.25) is 0 Å². The van der Waals surface area contributed by atoms with Crippen LogP contribution in [0, 0.1) is 0 Å². The molecule has 4 heteroatoms. The molecule has 1 heterocycles. The van der Waals surface area contributed by atoms with Gasteiger partial charge < -0.3 is 14.6 Å². The number of nitrogens with one attached hydrogen (secondary N) is 1. The first-order valence-electron chi connectivity index (χ1n) is 7.35. The predicted octanol–water partition coefficient (Wildman–Crippen LogP) is 4.37. The fourth-order valence-electron chi connectivity index (χ4n) is 2.31. The Morgan fingerprint density at radius 2 is 2.14 bits per heavy atom. The largest absolute Gasteiger partial charge is 0.496 e. The molecule has 0 fully saturated rings. The number of ether oxygens (including phenoxy) is 1. The summed E-state index contributed by atoms with van der Waals surface area (Å²) in [5.74, 6) is 0.865. The summed E-state index contributed by atoms with van der Waals surface area (Å²) in [6, 6.07) is 8.79. The van der Waals surface area contributed by atoms with Crippen LogP contribution in [0.25, 0.3) is 0 Å². The van der Waals surface area contributed by atoms with Gasteiger partial charge in [-0.1, -0.05) is 13.0 Å². The minimum Gasteiger partial charge on any atom is -0.496 e. The average Bonchev–Trinajstić information content (AvgIpc) is 2.93. The zero-order valence-electron chi connectivity index (χ0n) is 12.9. The molecule has 1 N–H and O–H groups in total. The van der Waals surface area contributed by atoms with Gasteiger partial charge in [-0.3, -0.25) is 0 Å². The van der Waals surface area contributed by atoms with E-state index in [0.717, 1.165) is 29.7 Å². The first-order chi connectivity index (χ1) is 10.1. The maximum Gasteiger partial charge on any atom is 0.133 e. The van der Waals surface area contributed by atoms with Gasteiger partial charge in [0.05, 0.1) is 11.6 Å². The van der Waals surface area contributed by atoms with E-state index in [0.29, 0.717) is 6.04 Å². The summed E-state index contributed by atoms with van der Waals surface area (Å²) in [7, 11) is 1.68. The van der Waals surface area contributed by atoms with Gasteiger partial charge in [0, 0.05) is 25.0 Å². The molecular weight excluding hydrogens is 328 g/mol. The Kier molecular flexibility index (Phi) is 5.88. The van der Waals surface area contributed by atoms with E-state index in [4.69, 9.17) is 4.74 Å². The monoisotopic (exact) mass is 350 g/mol. The second-order valence-corrected chi connectivity index (χ2v) is 6.12. The van der Waals surface area contributed by atoms with Crippen LogP contribution in [0.4, 0.5) is 0 Å². The summed E-state index contributed by atoms with van der Waals surface area (Å²) >= 11 is 3.53. The van der Waals surface area contributed by atoms with E-state index in [2.05, 4.69) is 70.3 Å². The molecule has 0 spiro atoms. The van der Waals surface area contributed by atoms with Gasteiger partial charge in [-0.05, 0) is 65.1 Å². The normalized spacial score (nSPS) is 12.4. The topological polar surface area (TPSA) is 26.2 Å². The molecule has 0 bridgehead atoms. The number of aromatic nitrogens is 1. The lowest BCUT2D eigenvalue weighted by Crippen LogP contribution is -2.18. The maximum absolute atomic E-state index is 5.26. The Balaban J connectivity index is 2.03. The van der Waals surface area contributed by atoms with Crippen molar-refractivity contribution in [3.63, 3.8) is 0 Å². The zero-order chi connectivity index (χ0) is 15.2. The van der Waals surface area contributed by atoms with Crippen LogP contribution in [-0.4, -0.2) is 18.2 Å². The first kappa shape index (κ1) is 16.1. The standard InChI is InChI=1S/C17H23BrN2O/c1-4-8-19-13(2)15-7-9-20(12-15)11-14-5-6-17(21-3)16(18)10-14/h5-7,9-10,12-13,19H,4,8,11H2,1-3H3. The maximum atomic E-state index is 5.26. The third kappa shape index (κ3) is 4.35. The van der Waals surface area contributed by atoms with Gasteiger partial charge in [0.25, 0.3) is 0 Å². The van der Waals surface area contributed by atoms with Crippen molar-refractivity contribution in [1.29, 1.82) is 0 Å². The van der Waals surface area contributed by atoms with Crippen molar-refractivity contribution in [2.24, 2.45) is 0 Å². The Bertz CT molecular complexity index is 580. The first-order valence-corrected chi connectivity index (χ1v) is 8.14. The highest BCUT2D eigenvalue weighted by Gasteiger charge is 2.07. The van der Waals surface area contributed by atoms with Gasteiger partial charge in [0.15, 0.2) is 0 Å². The van der Waals surface area contributed by atoms with Crippen LogP contribution in [0.15, 0.2) is 41.1 Å². The molecule has 3 nitrogen and oxygen atoms in total. The van der Waals surface area contributed by atoms with Crippen molar-refractivity contribution in [2.75, 3.05) is 13.7 Å². The van der Waals surface area contributed by atoms with Crippen molar-refractivity contribution < 1.29 is 4.74 Å². The van der Waals surface area contributed by atoms with E-state index in [9.17, 15) is 0 Å². The van der Waals surface area contributed by atoms with E-state index in [1.54, 1.807) is 7.11 Å². The molecular formula is C17H23BrN2O. The lowest BCUT2D eigenvalue weighted by molar-refractivity contribution is 0.412. The van der Waals surface area contributed by atoms with Gasteiger partial charge in [0.1, 0.15) is 5.75 Å². The molecule has 2 rings (SSSR count). The lowest BCUT2D eigenvalue weighted by Gasteiger charge is -2.11. The molecule has 0 amide bonds. The molecule has 0 saturated heterocycles. The van der Waals surface area contributed by atoms with Crippen LogP contribution in [0.3, 0.4) is 0 Å². The highest BCUT2D eigenvalue weighted by Crippen LogP contribution is 2.26. The van der Waals surface area contributed by atoms with Crippen LogP contribution in [0.1, 0.15) is 37.4 Å². The van der Waals surface area contributed by atoms with Crippen molar-refractivity contribution in [3.05, 3.63) is 52.3 Å². The smallest absolute Gasteiger partial charge is 0.133 e. The average molecular weight is 351 g/mol. The summed E-state index contributed by atoms with van der Waals surface area (Å²) < 4.78 is 8.47. The molecule has 2 aromatic rings. The SMILES string of the molecule is CCCNC(C)c1ccn(Cc2ccc(OC)c(Br)c2)c1. The summed E-state index contributed by atoms with van der Waals surface area (Å²) in [5, 5.41) is 3.51. The number of halogens is 1.